The molecule has 1 unspecified atom stereocenters. The van der Waals surface area contributed by atoms with Crippen LogP contribution in [0.5, 0.6) is 0 Å². The molecule has 0 aromatic carbocycles. The van der Waals surface area contributed by atoms with Crippen molar-refractivity contribution < 1.29 is 4.79 Å². The minimum atomic E-state index is -0.201. The van der Waals surface area contributed by atoms with Gasteiger partial charge in [-0.05, 0) is 26.3 Å². The Labute approximate surface area is 87.9 Å². The van der Waals surface area contributed by atoms with Gasteiger partial charge in [-0.15, -0.1) is 5.10 Å². The van der Waals surface area contributed by atoms with Gasteiger partial charge >= 0.3 is 0 Å². The Bertz CT molecular complexity index is 342. The molecule has 0 saturated carbocycles. The summed E-state index contributed by atoms with van der Waals surface area (Å²) in [6.07, 6.45) is 2.11. The van der Waals surface area contributed by atoms with E-state index in [9.17, 15) is 4.79 Å². The number of nitrogens with one attached hydrogen (secondary N) is 3. The maximum absolute atomic E-state index is 11.6. The van der Waals surface area contributed by atoms with Crippen LogP contribution in [0.2, 0.25) is 0 Å². The zero-order valence-electron chi connectivity index (χ0n) is 8.71. The van der Waals surface area contributed by atoms with E-state index in [0.29, 0.717) is 5.82 Å². The largest absolute Gasteiger partial charge is 0.345 e. The van der Waals surface area contributed by atoms with Crippen LogP contribution >= 0.6 is 0 Å². The number of nitrogens with zero attached hydrogens (tertiary/aromatic N) is 2. The Morgan fingerprint density at radius 2 is 2.47 bits per heavy atom. The lowest BCUT2D eigenvalue weighted by atomic mass is 10.1. The van der Waals surface area contributed by atoms with E-state index in [1.165, 1.54) is 0 Å². The average Bonchev–Trinajstić information content (AvgIpc) is 2.66. The minimum Gasteiger partial charge on any atom is -0.345 e. The molecule has 3 N–H and O–H groups in total. The van der Waals surface area contributed by atoms with Crippen LogP contribution in [0.15, 0.2) is 0 Å². The van der Waals surface area contributed by atoms with Crippen LogP contribution in [0.3, 0.4) is 0 Å². The van der Waals surface area contributed by atoms with E-state index in [1.807, 2.05) is 0 Å². The highest BCUT2D eigenvalue weighted by Crippen LogP contribution is 2.02. The van der Waals surface area contributed by atoms with Crippen molar-refractivity contribution in [3.63, 3.8) is 0 Å². The number of H-pyrrole nitrogens is 1. The number of aryl methyl sites for hydroxylation is 1. The zero-order valence-corrected chi connectivity index (χ0v) is 8.71. The van der Waals surface area contributed by atoms with Gasteiger partial charge in [0.25, 0.3) is 5.91 Å². The molecule has 2 heterocycles. The second kappa shape index (κ2) is 4.39. The van der Waals surface area contributed by atoms with Crippen molar-refractivity contribution in [2.75, 3.05) is 13.1 Å². The number of rotatable bonds is 2. The van der Waals surface area contributed by atoms with Crippen molar-refractivity contribution in [2.24, 2.45) is 0 Å². The zero-order chi connectivity index (χ0) is 10.7. The highest BCUT2D eigenvalue weighted by atomic mass is 16.2. The Balaban J connectivity index is 1.91. The van der Waals surface area contributed by atoms with Gasteiger partial charge in [0.05, 0.1) is 0 Å². The third-order valence-corrected chi connectivity index (χ3v) is 2.43. The Kier molecular flexibility index (Phi) is 2.96. The second-order valence-corrected chi connectivity index (χ2v) is 3.76. The topological polar surface area (TPSA) is 82.7 Å². The SMILES string of the molecule is Cc1nc(C(=O)NC2CCCNC2)n[nH]1. The lowest BCUT2D eigenvalue weighted by Crippen LogP contribution is -2.45. The average molecular weight is 209 g/mol. The first kappa shape index (κ1) is 10.1. The van der Waals surface area contributed by atoms with Gasteiger partial charge in [0, 0.05) is 12.6 Å². The first-order valence-electron chi connectivity index (χ1n) is 5.16. The molecule has 1 aliphatic heterocycles. The highest BCUT2D eigenvalue weighted by Gasteiger charge is 2.18. The van der Waals surface area contributed by atoms with Crippen molar-refractivity contribution in [3.8, 4) is 0 Å². The number of hydrogen-bond acceptors (Lipinski definition) is 4. The molecular formula is C9H15N5O. The van der Waals surface area contributed by atoms with Gasteiger partial charge in [0.2, 0.25) is 5.82 Å². The van der Waals surface area contributed by atoms with Gasteiger partial charge in [0.1, 0.15) is 5.82 Å². The number of aromatic amines is 1. The highest BCUT2D eigenvalue weighted by molar-refractivity contribution is 5.90. The van der Waals surface area contributed by atoms with E-state index in [-0.39, 0.29) is 17.8 Å². The maximum Gasteiger partial charge on any atom is 0.291 e. The van der Waals surface area contributed by atoms with E-state index in [1.54, 1.807) is 6.92 Å². The summed E-state index contributed by atoms with van der Waals surface area (Å²) in [4.78, 5) is 15.6. The van der Waals surface area contributed by atoms with E-state index in [4.69, 9.17) is 0 Å². The number of carbonyl (C=O) groups excluding carboxylic acids is 1. The first-order valence-corrected chi connectivity index (χ1v) is 5.16. The van der Waals surface area contributed by atoms with Gasteiger partial charge in [-0.3, -0.25) is 9.89 Å². The molecule has 2 rings (SSSR count). The van der Waals surface area contributed by atoms with E-state index < -0.39 is 0 Å². The van der Waals surface area contributed by atoms with Crippen LogP contribution in [0.25, 0.3) is 0 Å². The number of hydrogen-bond donors (Lipinski definition) is 3. The summed E-state index contributed by atoms with van der Waals surface area (Å²) in [7, 11) is 0. The number of piperidine rings is 1. The molecule has 0 aliphatic carbocycles. The Hall–Kier alpha value is -1.43. The maximum atomic E-state index is 11.6. The second-order valence-electron chi connectivity index (χ2n) is 3.76. The van der Waals surface area contributed by atoms with Gasteiger partial charge in [-0.2, -0.15) is 0 Å². The smallest absolute Gasteiger partial charge is 0.291 e. The van der Waals surface area contributed by atoms with Crippen molar-refractivity contribution in [1.82, 2.24) is 25.8 Å². The molecule has 1 aromatic heterocycles. The van der Waals surface area contributed by atoms with E-state index >= 15 is 0 Å². The molecule has 1 amide bonds. The number of aromatic nitrogens is 3. The van der Waals surface area contributed by atoms with Crippen LogP contribution in [-0.2, 0) is 0 Å². The molecule has 1 atom stereocenters. The molecule has 0 spiro atoms. The Morgan fingerprint density at radius 1 is 1.60 bits per heavy atom. The van der Waals surface area contributed by atoms with Gasteiger partial charge in [-0.1, -0.05) is 0 Å². The molecule has 0 radical (unpaired) electrons. The molecule has 6 nitrogen and oxygen atoms in total. The standard InChI is InChI=1S/C9H15N5O/c1-6-11-8(14-13-6)9(15)12-7-3-2-4-10-5-7/h7,10H,2-5H2,1H3,(H,12,15)(H,11,13,14). The molecule has 15 heavy (non-hydrogen) atoms. The fourth-order valence-corrected chi connectivity index (χ4v) is 1.67. The molecule has 0 bridgehead atoms. The molecule has 6 heteroatoms. The Morgan fingerprint density at radius 3 is 3.07 bits per heavy atom. The van der Waals surface area contributed by atoms with Crippen LogP contribution in [0, 0.1) is 6.92 Å². The van der Waals surface area contributed by atoms with Crippen molar-refractivity contribution in [1.29, 1.82) is 0 Å². The summed E-state index contributed by atoms with van der Waals surface area (Å²) in [6, 6.07) is 0.199. The monoisotopic (exact) mass is 209 g/mol. The first-order chi connectivity index (χ1) is 7.25. The van der Waals surface area contributed by atoms with Crippen LogP contribution in [-0.4, -0.2) is 40.2 Å². The number of carbonyl (C=O) groups is 1. The predicted molar refractivity (Wildman–Crippen MR) is 54.5 cm³/mol. The summed E-state index contributed by atoms with van der Waals surface area (Å²) < 4.78 is 0. The summed E-state index contributed by atoms with van der Waals surface area (Å²) in [5.41, 5.74) is 0. The lowest BCUT2D eigenvalue weighted by Gasteiger charge is -2.23. The van der Waals surface area contributed by atoms with Crippen molar-refractivity contribution in [2.45, 2.75) is 25.8 Å². The number of amides is 1. The van der Waals surface area contributed by atoms with Crippen molar-refractivity contribution >= 4 is 5.91 Å². The predicted octanol–water partition coefficient (Wildman–Crippen LogP) is -0.405. The van der Waals surface area contributed by atoms with E-state index in [0.717, 1.165) is 25.9 Å². The van der Waals surface area contributed by atoms with Gasteiger partial charge in [0.15, 0.2) is 0 Å². The van der Waals surface area contributed by atoms with Gasteiger partial charge < -0.3 is 10.6 Å². The molecule has 1 saturated heterocycles. The van der Waals surface area contributed by atoms with E-state index in [2.05, 4.69) is 25.8 Å². The summed E-state index contributed by atoms with van der Waals surface area (Å²) in [6.45, 7) is 3.63. The van der Waals surface area contributed by atoms with Crippen molar-refractivity contribution in [3.05, 3.63) is 11.6 Å². The summed E-state index contributed by atoms with van der Waals surface area (Å²) >= 11 is 0. The lowest BCUT2D eigenvalue weighted by molar-refractivity contribution is 0.0920. The normalized spacial score (nSPS) is 21.3. The van der Waals surface area contributed by atoms with Gasteiger partial charge in [-0.25, -0.2) is 4.98 Å². The summed E-state index contributed by atoms with van der Waals surface area (Å²) in [5.74, 6) is 0.674. The fraction of sp³-hybridized carbons (Fsp3) is 0.667. The quantitative estimate of drug-likeness (QED) is 0.618. The minimum absolute atomic E-state index is 0.199. The summed E-state index contributed by atoms with van der Waals surface area (Å²) in [5, 5.41) is 12.6. The molecule has 1 fully saturated rings. The molecule has 1 aromatic rings. The van der Waals surface area contributed by atoms with Crippen LogP contribution in [0.4, 0.5) is 0 Å². The molecule has 82 valence electrons. The molecular weight excluding hydrogens is 194 g/mol. The molecule has 1 aliphatic rings. The fourth-order valence-electron chi connectivity index (χ4n) is 1.67. The van der Waals surface area contributed by atoms with Crippen LogP contribution < -0.4 is 10.6 Å². The third kappa shape index (κ3) is 2.53. The van der Waals surface area contributed by atoms with Crippen LogP contribution in [0.1, 0.15) is 29.3 Å². The third-order valence-electron chi connectivity index (χ3n) is 2.43.